The molecule has 0 unspecified atom stereocenters. The van der Waals surface area contributed by atoms with E-state index < -0.39 is 0 Å². The molecule has 1 heteroatoms. The third kappa shape index (κ3) is 9.52. The Morgan fingerprint density at radius 2 is 1.82 bits per heavy atom. The van der Waals surface area contributed by atoms with E-state index in [2.05, 4.69) is 32.6 Å². The predicted molar refractivity (Wildman–Crippen MR) is 48.3 cm³/mol. The van der Waals surface area contributed by atoms with Crippen molar-refractivity contribution in [2.75, 3.05) is 6.61 Å². The summed E-state index contributed by atoms with van der Waals surface area (Å²) >= 11 is 0. The molecule has 0 N–H and O–H groups in total. The standard InChI is InChI=1S/C10H18O/c1-9(2)11-8-6-7-10(3,4)5/h9H,8H2,1-5H3. The van der Waals surface area contributed by atoms with E-state index in [9.17, 15) is 0 Å². The second kappa shape index (κ2) is 4.41. The lowest BCUT2D eigenvalue weighted by Gasteiger charge is -2.07. The molecule has 11 heavy (non-hydrogen) atoms. The van der Waals surface area contributed by atoms with E-state index in [1.165, 1.54) is 0 Å². The van der Waals surface area contributed by atoms with Crippen LogP contribution in [0, 0.1) is 17.3 Å². The van der Waals surface area contributed by atoms with Crippen molar-refractivity contribution in [1.29, 1.82) is 0 Å². The second-order valence-electron chi connectivity index (χ2n) is 3.91. The van der Waals surface area contributed by atoms with E-state index in [1.807, 2.05) is 13.8 Å². The lowest BCUT2D eigenvalue weighted by Crippen LogP contribution is -2.04. The van der Waals surface area contributed by atoms with E-state index >= 15 is 0 Å². The number of ether oxygens (including phenoxy) is 1. The first kappa shape index (κ1) is 10.5. The summed E-state index contributed by atoms with van der Waals surface area (Å²) < 4.78 is 5.26. The molecule has 0 rings (SSSR count). The van der Waals surface area contributed by atoms with Crippen molar-refractivity contribution in [3.8, 4) is 11.8 Å². The molecule has 0 aliphatic rings. The molecule has 0 spiro atoms. The van der Waals surface area contributed by atoms with Gasteiger partial charge in [0.1, 0.15) is 6.61 Å². The first-order chi connectivity index (χ1) is 4.92. The molecule has 0 aliphatic carbocycles. The molecular formula is C10H18O. The fourth-order valence-electron chi connectivity index (χ4n) is 0.510. The fraction of sp³-hybridized carbons (Fsp3) is 0.800. The third-order valence-electron chi connectivity index (χ3n) is 0.952. The van der Waals surface area contributed by atoms with Crippen molar-refractivity contribution in [3.05, 3.63) is 0 Å². The highest BCUT2D eigenvalue weighted by Gasteiger charge is 2.02. The van der Waals surface area contributed by atoms with Gasteiger partial charge in [0, 0.05) is 5.41 Å². The summed E-state index contributed by atoms with van der Waals surface area (Å²) in [5.74, 6) is 6.09. The maximum Gasteiger partial charge on any atom is 0.108 e. The van der Waals surface area contributed by atoms with Gasteiger partial charge in [0.05, 0.1) is 6.10 Å². The molecule has 0 atom stereocenters. The Morgan fingerprint density at radius 3 is 2.18 bits per heavy atom. The molecule has 0 bridgehead atoms. The minimum Gasteiger partial charge on any atom is -0.366 e. The van der Waals surface area contributed by atoms with Crippen LogP contribution in [-0.2, 0) is 4.74 Å². The van der Waals surface area contributed by atoms with Crippen LogP contribution in [0.15, 0.2) is 0 Å². The highest BCUT2D eigenvalue weighted by Crippen LogP contribution is 2.09. The van der Waals surface area contributed by atoms with Crippen molar-refractivity contribution < 1.29 is 4.74 Å². The highest BCUT2D eigenvalue weighted by molar-refractivity contribution is 5.07. The Bertz CT molecular complexity index is 152. The van der Waals surface area contributed by atoms with Gasteiger partial charge in [-0.2, -0.15) is 0 Å². The zero-order chi connectivity index (χ0) is 8.91. The SMILES string of the molecule is CC(C)OCC#CC(C)(C)C. The first-order valence-electron chi connectivity index (χ1n) is 4.03. The van der Waals surface area contributed by atoms with Crippen molar-refractivity contribution in [2.24, 2.45) is 5.41 Å². The Morgan fingerprint density at radius 1 is 1.27 bits per heavy atom. The molecule has 0 fully saturated rings. The van der Waals surface area contributed by atoms with Gasteiger partial charge in [-0.15, -0.1) is 0 Å². The van der Waals surface area contributed by atoms with Gasteiger partial charge >= 0.3 is 0 Å². The van der Waals surface area contributed by atoms with Gasteiger partial charge in [-0.05, 0) is 34.6 Å². The van der Waals surface area contributed by atoms with E-state index in [-0.39, 0.29) is 11.5 Å². The van der Waals surface area contributed by atoms with Gasteiger partial charge < -0.3 is 4.74 Å². The van der Waals surface area contributed by atoms with E-state index in [1.54, 1.807) is 0 Å². The fourth-order valence-corrected chi connectivity index (χ4v) is 0.510. The summed E-state index contributed by atoms with van der Waals surface area (Å²) in [6.07, 6.45) is 0.282. The summed E-state index contributed by atoms with van der Waals surface area (Å²) in [6, 6.07) is 0. The molecule has 0 saturated carbocycles. The molecule has 0 amide bonds. The molecule has 0 saturated heterocycles. The lowest BCUT2D eigenvalue weighted by molar-refractivity contribution is 0.106. The van der Waals surface area contributed by atoms with Crippen molar-refractivity contribution >= 4 is 0 Å². The maximum atomic E-state index is 5.26. The molecule has 0 aromatic carbocycles. The van der Waals surface area contributed by atoms with Gasteiger partial charge in [-0.1, -0.05) is 11.8 Å². The number of hydrogen-bond acceptors (Lipinski definition) is 1. The third-order valence-corrected chi connectivity index (χ3v) is 0.952. The molecule has 0 aromatic rings. The largest absolute Gasteiger partial charge is 0.366 e. The monoisotopic (exact) mass is 154 g/mol. The van der Waals surface area contributed by atoms with Crippen molar-refractivity contribution in [2.45, 2.75) is 40.7 Å². The zero-order valence-corrected chi connectivity index (χ0v) is 8.19. The van der Waals surface area contributed by atoms with E-state index in [0.717, 1.165) is 0 Å². The zero-order valence-electron chi connectivity index (χ0n) is 8.19. The van der Waals surface area contributed by atoms with Crippen LogP contribution >= 0.6 is 0 Å². The first-order valence-corrected chi connectivity index (χ1v) is 4.03. The Kier molecular flexibility index (Phi) is 4.22. The minimum atomic E-state index is 0.0976. The quantitative estimate of drug-likeness (QED) is 0.555. The predicted octanol–water partition coefficient (Wildman–Crippen LogP) is 2.46. The van der Waals surface area contributed by atoms with Gasteiger partial charge in [0.2, 0.25) is 0 Å². The van der Waals surface area contributed by atoms with Gasteiger partial charge in [-0.25, -0.2) is 0 Å². The topological polar surface area (TPSA) is 9.23 Å². The molecule has 0 aromatic heterocycles. The van der Waals surface area contributed by atoms with Crippen LogP contribution in [0.5, 0.6) is 0 Å². The molecule has 1 nitrogen and oxygen atoms in total. The Balaban J connectivity index is 3.57. The van der Waals surface area contributed by atoms with E-state index in [0.29, 0.717) is 6.61 Å². The van der Waals surface area contributed by atoms with Gasteiger partial charge in [0.15, 0.2) is 0 Å². The minimum absolute atomic E-state index is 0.0976. The van der Waals surface area contributed by atoms with Crippen LogP contribution in [0.1, 0.15) is 34.6 Å². The summed E-state index contributed by atoms with van der Waals surface area (Å²) in [5.41, 5.74) is 0.0976. The summed E-state index contributed by atoms with van der Waals surface area (Å²) in [5, 5.41) is 0. The van der Waals surface area contributed by atoms with Gasteiger partial charge in [0.25, 0.3) is 0 Å². The lowest BCUT2D eigenvalue weighted by atomic mass is 9.98. The van der Waals surface area contributed by atoms with Crippen LogP contribution in [0.25, 0.3) is 0 Å². The Labute approximate surface area is 70.1 Å². The Hall–Kier alpha value is -0.480. The number of rotatable bonds is 2. The van der Waals surface area contributed by atoms with E-state index in [4.69, 9.17) is 4.74 Å². The van der Waals surface area contributed by atoms with Crippen LogP contribution in [0.3, 0.4) is 0 Å². The maximum absolute atomic E-state index is 5.26. The summed E-state index contributed by atoms with van der Waals surface area (Å²) in [4.78, 5) is 0. The molecule has 64 valence electrons. The van der Waals surface area contributed by atoms with Crippen LogP contribution in [0.2, 0.25) is 0 Å². The smallest absolute Gasteiger partial charge is 0.108 e. The van der Waals surface area contributed by atoms with Crippen molar-refractivity contribution in [1.82, 2.24) is 0 Å². The van der Waals surface area contributed by atoms with Crippen LogP contribution in [-0.4, -0.2) is 12.7 Å². The summed E-state index contributed by atoms with van der Waals surface area (Å²) in [7, 11) is 0. The second-order valence-corrected chi connectivity index (χ2v) is 3.91. The van der Waals surface area contributed by atoms with Crippen LogP contribution in [0.4, 0.5) is 0 Å². The molecule has 0 heterocycles. The van der Waals surface area contributed by atoms with Crippen LogP contribution < -0.4 is 0 Å². The molecule has 0 aliphatic heterocycles. The summed E-state index contributed by atoms with van der Waals surface area (Å²) in [6.45, 7) is 10.9. The highest BCUT2D eigenvalue weighted by atomic mass is 16.5. The van der Waals surface area contributed by atoms with Crippen molar-refractivity contribution in [3.63, 3.8) is 0 Å². The normalized spacial score (nSPS) is 11.1. The average Bonchev–Trinajstić information content (AvgIpc) is 1.78. The number of hydrogen-bond donors (Lipinski definition) is 0. The molecular weight excluding hydrogens is 136 g/mol. The molecule has 0 radical (unpaired) electrons. The van der Waals surface area contributed by atoms with Gasteiger partial charge in [-0.3, -0.25) is 0 Å². The average molecular weight is 154 g/mol.